The van der Waals surface area contributed by atoms with Crippen molar-refractivity contribution in [1.29, 1.82) is 0 Å². The monoisotopic (exact) mass is 269 g/mol. The Morgan fingerprint density at radius 1 is 1.16 bits per heavy atom. The van der Waals surface area contributed by atoms with E-state index in [0.717, 1.165) is 18.5 Å². The van der Waals surface area contributed by atoms with Crippen LogP contribution in [-0.2, 0) is 0 Å². The molecule has 1 aliphatic rings. The number of piperazine rings is 1. The molecule has 0 aliphatic carbocycles. The maximum absolute atomic E-state index is 5.71. The molecule has 2 unspecified atom stereocenters. The van der Waals surface area contributed by atoms with Crippen LogP contribution in [0.1, 0.15) is 52.9 Å². The third-order valence-electron chi connectivity index (χ3n) is 4.61. The molecule has 0 spiro atoms. The Bertz CT molecular complexity index is 214. The highest BCUT2D eigenvalue weighted by molar-refractivity contribution is 4.78. The Kier molecular flexibility index (Phi) is 8.67. The second-order valence-corrected chi connectivity index (χ2v) is 6.15. The van der Waals surface area contributed by atoms with E-state index in [1.807, 2.05) is 0 Å². The first kappa shape index (κ1) is 16.9. The number of rotatable bonds is 9. The first-order valence-corrected chi connectivity index (χ1v) is 8.37. The molecule has 0 aromatic heterocycles. The van der Waals surface area contributed by atoms with Gasteiger partial charge in [-0.2, -0.15) is 0 Å². The van der Waals surface area contributed by atoms with E-state index >= 15 is 0 Å². The summed E-state index contributed by atoms with van der Waals surface area (Å²) < 4.78 is 0. The number of hydrogen-bond donors (Lipinski definition) is 1. The second-order valence-electron chi connectivity index (χ2n) is 6.15. The first-order chi connectivity index (χ1) is 9.21. The SMILES string of the molecule is CCCC(CCN)CCCN1CCN(CC)C(C)C1. The number of nitrogens with two attached hydrogens (primary N) is 1. The van der Waals surface area contributed by atoms with Gasteiger partial charge in [-0.25, -0.2) is 0 Å². The molecule has 2 atom stereocenters. The van der Waals surface area contributed by atoms with E-state index in [1.165, 1.54) is 64.8 Å². The Morgan fingerprint density at radius 3 is 2.53 bits per heavy atom. The predicted octanol–water partition coefficient (Wildman–Crippen LogP) is 2.56. The standard InChI is InChI=1S/C16H35N3/c1-4-7-16(9-10-17)8-6-11-18-12-13-19(5-2)15(3)14-18/h15-16H,4-14,17H2,1-3H3. The summed E-state index contributed by atoms with van der Waals surface area (Å²) in [7, 11) is 0. The lowest BCUT2D eigenvalue weighted by Gasteiger charge is -2.39. The van der Waals surface area contributed by atoms with Crippen molar-refractivity contribution < 1.29 is 0 Å². The molecule has 1 aliphatic heterocycles. The minimum absolute atomic E-state index is 0.731. The van der Waals surface area contributed by atoms with Crippen LogP contribution in [0, 0.1) is 5.92 Å². The van der Waals surface area contributed by atoms with E-state index < -0.39 is 0 Å². The van der Waals surface area contributed by atoms with Crippen LogP contribution in [0.25, 0.3) is 0 Å². The van der Waals surface area contributed by atoms with Gasteiger partial charge in [-0.05, 0) is 51.7 Å². The van der Waals surface area contributed by atoms with Gasteiger partial charge < -0.3 is 10.6 Å². The zero-order chi connectivity index (χ0) is 14.1. The summed E-state index contributed by atoms with van der Waals surface area (Å²) in [6, 6.07) is 0.731. The molecule has 3 nitrogen and oxygen atoms in total. The summed E-state index contributed by atoms with van der Waals surface area (Å²) >= 11 is 0. The van der Waals surface area contributed by atoms with Gasteiger partial charge in [0, 0.05) is 25.7 Å². The third kappa shape index (κ3) is 6.24. The van der Waals surface area contributed by atoms with Crippen molar-refractivity contribution in [3.05, 3.63) is 0 Å². The van der Waals surface area contributed by atoms with Gasteiger partial charge in [0.05, 0.1) is 0 Å². The second kappa shape index (κ2) is 9.73. The van der Waals surface area contributed by atoms with Gasteiger partial charge in [0.25, 0.3) is 0 Å². The largest absolute Gasteiger partial charge is 0.330 e. The number of nitrogens with zero attached hydrogens (tertiary/aromatic N) is 2. The van der Waals surface area contributed by atoms with Crippen molar-refractivity contribution in [1.82, 2.24) is 9.80 Å². The zero-order valence-electron chi connectivity index (χ0n) is 13.4. The van der Waals surface area contributed by atoms with E-state index in [1.54, 1.807) is 0 Å². The quantitative estimate of drug-likeness (QED) is 0.698. The number of hydrogen-bond acceptors (Lipinski definition) is 3. The molecule has 0 saturated carbocycles. The lowest BCUT2D eigenvalue weighted by atomic mass is 9.94. The smallest absolute Gasteiger partial charge is 0.0195 e. The van der Waals surface area contributed by atoms with E-state index in [4.69, 9.17) is 5.73 Å². The van der Waals surface area contributed by atoms with E-state index in [-0.39, 0.29) is 0 Å². The fourth-order valence-electron chi connectivity index (χ4n) is 3.42. The molecule has 1 heterocycles. The van der Waals surface area contributed by atoms with Crippen LogP contribution in [0.3, 0.4) is 0 Å². The molecule has 1 saturated heterocycles. The summed E-state index contributed by atoms with van der Waals surface area (Å²) in [4.78, 5) is 5.24. The Balaban J connectivity index is 2.18. The molecular weight excluding hydrogens is 234 g/mol. The highest BCUT2D eigenvalue weighted by Crippen LogP contribution is 2.18. The van der Waals surface area contributed by atoms with Gasteiger partial charge in [-0.3, -0.25) is 4.90 Å². The lowest BCUT2D eigenvalue weighted by Crippen LogP contribution is -2.51. The summed E-state index contributed by atoms with van der Waals surface area (Å²) in [5, 5.41) is 0. The van der Waals surface area contributed by atoms with Crippen molar-refractivity contribution in [3.8, 4) is 0 Å². The topological polar surface area (TPSA) is 32.5 Å². The predicted molar refractivity (Wildman–Crippen MR) is 84.5 cm³/mol. The Labute approximate surface area is 120 Å². The van der Waals surface area contributed by atoms with Crippen molar-refractivity contribution in [3.63, 3.8) is 0 Å². The van der Waals surface area contributed by atoms with Crippen LogP contribution in [0.5, 0.6) is 0 Å². The first-order valence-electron chi connectivity index (χ1n) is 8.37. The maximum atomic E-state index is 5.71. The summed E-state index contributed by atoms with van der Waals surface area (Å²) in [5.74, 6) is 0.865. The molecule has 19 heavy (non-hydrogen) atoms. The molecule has 0 aromatic carbocycles. The van der Waals surface area contributed by atoms with Crippen molar-refractivity contribution in [2.45, 2.75) is 58.9 Å². The van der Waals surface area contributed by atoms with Crippen molar-refractivity contribution in [2.75, 3.05) is 39.3 Å². The van der Waals surface area contributed by atoms with Crippen molar-refractivity contribution in [2.24, 2.45) is 11.7 Å². The molecule has 0 amide bonds. The minimum atomic E-state index is 0.731. The molecule has 1 rings (SSSR count). The van der Waals surface area contributed by atoms with E-state index in [9.17, 15) is 0 Å². The van der Waals surface area contributed by atoms with Crippen LogP contribution >= 0.6 is 0 Å². The fraction of sp³-hybridized carbons (Fsp3) is 1.00. The lowest BCUT2D eigenvalue weighted by molar-refractivity contribution is 0.0859. The molecule has 0 aromatic rings. The van der Waals surface area contributed by atoms with Gasteiger partial charge >= 0.3 is 0 Å². The van der Waals surface area contributed by atoms with Crippen LogP contribution in [0.4, 0.5) is 0 Å². The zero-order valence-corrected chi connectivity index (χ0v) is 13.4. The van der Waals surface area contributed by atoms with Crippen molar-refractivity contribution >= 4 is 0 Å². The fourth-order valence-corrected chi connectivity index (χ4v) is 3.42. The minimum Gasteiger partial charge on any atom is -0.330 e. The summed E-state index contributed by atoms with van der Waals surface area (Å²) in [5.41, 5.74) is 5.71. The van der Waals surface area contributed by atoms with Gasteiger partial charge in [0.2, 0.25) is 0 Å². The third-order valence-corrected chi connectivity index (χ3v) is 4.61. The van der Waals surface area contributed by atoms with Gasteiger partial charge in [0.15, 0.2) is 0 Å². The van der Waals surface area contributed by atoms with Crippen LogP contribution in [-0.4, -0.2) is 55.1 Å². The highest BCUT2D eigenvalue weighted by atomic mass is 15.3. The Morgan fingerprint density at radius 2 is 1.95 bits per heavy atom. The van der Waals surface area contributed by atoms with E-state index in [2.05, 4.69) is 30.6 Å². The molecule has 1 fully saturated rings. The highest BCUT2D eigenvalue weighted by Gasteiger charge is 2.21. The van der Waals surface area contributed by atoms with Gasteiger partial charge in [-0.15, -0.1) is 0 Å². The maximum Gasteiger partial charge on any atom is 0.0195 e. The molecule has 2 N–H and O–H groups in total. The van der Waals surface area contributed by atoms with Crippen LogP contribution in [0.2, 0.25) is 0 Å². The molecule has 114 valence electrons. The van der Waals surface area contributed by atoms with Gasteiger partial charge in [0.1, 0.15) is 0 Å². The summed E-state index contributed by atoms with van der Waals surface area (Å²) in [6.07, 6.45) is 6.60. The van der Waals surface area contributed by atoms with Crippen LogP contribution < -0.4 is 5.73 Å². The molecular formula is C16H35N3. The molecule has 0 bridgehead atoms. The molecule has 0 radical (unpaired) electrons. The molecule has 3 heteroatoms. The number of likely N-dealkylation sites (N-methyl/N-ethyl adjacent to an activating group) is 1. The average Bonchev–Trinajstić information content (AvgIpc) is 2.39. The van der Waals surface area contributed by atoms with Crippen LogP contribution in [0.15, 0.2) is 0 Å². The average molecular weight is 269 g/mol. The van der Waals surface area contributed by atoms with Gasteiger partial charge in [-0.1, -0.05) is 26.7 Å². The summed E-state index contributed by atoms with van der Waals surface area (Å²) in [6.45, 7) is 14.0. The Hall–Kier alpha value is -0.120. The van der Waals surface area contributed by atoms with E-state index in [0.29, 0.717) is 0 Å². The normalized spacial score (nSPS) is 23.7.